The van der Waals surface area contributed by atoms with E-state index in [0.717, 1.165) is 5.56 Å². The second-order valence-corrected chi connectivity index (χ2v) is 3.41. The van der Waals surface area contributed by atoms with Crippen LogP contribution in [0, 0.1) is 0 Å². The number of halogens is 1. The van der Waals surface area contributed by atoms with Gasteiger partial charge in [0.1, 0.15) is 0 Å². The van der Waals surface area contributed by atoms with Crippen LogP contribution in [0.4, 0.5) is 5.69 Å². The third-order valence-corrected chi connectivity index (χ3v) is 2.08. The molecule has 3 N–H and O–H groups in total. The molecule has 1 unspecified atom stereocenters. The Morgan fingerprint density at radius 1 is 1.42 bits per heavy atom. The fourth-order valence-corrected chi connectivity index (χ4v) is 1.51. The van der Waals surface area contributed by atoms with Crippen molar-refractivity contribution in [3.63, 3.8) is 0 Å². The summed E-state index contributed by atoms with van der Waals surface area (Å²) in [5, 5.41) is 0. The van der Waals surface area contributed by atoms with Gasteiger partial charge in [0.05, 0.1) is 0 Å². The predicted octanol–water partition coefficient (Wildman–Crippen LogP) is 1.66. The maximum absolute atomic E-state index is 10.5. The molecule has 0 spiro atoms. The van der Waals surface area contributed by atoms with Gasteiger partial charge in [-0.25, -0.2) is 0 Å². The van der Waals surface area contributed by atoms with Crippen LogP contribution in [0.2, 0.25) is 0 Å². The van der Waals surface area contributed by atoms with Crippen molar-refractivity contribution in [2.45, 2.75) is 6.16 Å². The summed E-state index contributed by atoms with van der Waals surface area (Å²) in [6.45, 7) is 0. The second-order valence-electron chi connectivity index (χ2n) is 2.27. The van der Waals surface area contributed by atoms with E-state index in [-0.39, 0.29) is 18.6 Å². The molecule has 0 aromatic heterocycles. The first kappa shape index (κ1) is 11.5. The van der Waals surface area contributed by atoms with Gasteiger partial charge in [0.15, 0.2) is 8.03 Å². The minimum Gasteiger partial charge on any atom is -0.398 e. The van der Waals surface area contributed by atoms with Crippen molar-refractivity contribution in [3.05, 3.63) is 29.8 Å². The molecule has 0 aliphatic heterocycles. The summed E-state index contributed by atoms with van der Waals surface area (Å²) < 4.78 is 10.5. The van der Waals surface area contributed by atoms with Crippen molar-refractivity contribution in [3.8, 4) is 0 Å². The standard InChI is InChI=1S/C7H10NO2P.ClH/c8-7-4-2-1-3-6(7)5-11(9)10;/h1-4,11H,5,8H2,(H,9,10);1H. The Labute approximate surface area is 77.9 Å². The first-order chi connectivity index (χ1) is 5.20. The van der Waals surface area contributed by atoms with Crippen LogP contribution in [0.5, 0.6) is 0 Å². The van der Waals surface area contributed by atoms with Gasteiger partial charge in [-0.05, 0) is 11.6 Å². The molecular weight excluding hydrogens is 197 g/mol. The normalized spacial score (nSPS) is 11.8. The summed E-state index contributed by atoms with van der Waals surface area (Å²) >= 11 is 0. The van der Waals surface area contributed by atoms with E-state index < -0.39 is 8.03 Å². The number of rotatable bonds is 2. The van der Waals surface area contributed by atoms with Gasteiger partial charge in [-0.15, -0.1) is 12.4 Å². The Morgan fingerprint density at radius 2 is 2.00 bits per heavy atom. The van der Waals surface area contributed by atoms with E-state index in [1.165, 1.54) is 0 Å². The molecule has 1 atom stereocenters. The molecule has 0 aliphatic carbocycles. The highest BCUT2D eigenvalue weighted by atomic mass is 35.5. The lowest BCUT2D eigenvalue weighted by Crippen LogP contribution is -1.90. The van der Waals surface area contributed by atoms with Crippen molar-refractivity contribution < 1.29 is 9.46 Å². The van der Waals surface area contributed by atoms with E-state index in [0.29, 0.717) is 5.69 Å². The van der Waals surface area contributed by atoms with Gasteiger partial charge in [-0.1, -0.05) is 18.2 Å². The van der Waals surface area contributed by atoms with Crippen LogP contribution in [-0.4, -0.2) is 4.89 Å². The molecule has 3 nitrogen and oxygen atoms in total. The molecule has 0 amide bonds. The number of para-hydroxylation sites is 1. The van der Waals surface area contributed by atoms with Gasteiger partial charge in [0.25, 0.3) is 0 Å². The molecule has 0 saturated heterocycles. The molecule has 68 valence electrons. The first-order valence-corrected chi connectivity index (χ1v) is 4.81. The lowest BCUT2D eigenvalue weighted by atomic mass is 10.2. The summed E-state index contributed by atoms with van der Waals surface area (Å²) in [7, 11) is -2.44. The van der Waals surface area contributed by atoms with Gasteiger partial charge in [-0.3, -0.25) is 4.57 Å². The molecule has 0 bridgehead atoms. The first-order valence-electron chi connectivity index (χ1n) is 3.25. The van der Waals surface area contributed by atoms with E-state index in [1.54, 1.807) is 24.3 Å². The monoisotopic (exact) mass is 207 g/mol. The molecule has 0 radical (unpaired) electrons. The van der Waals surface area contributed by atoms with Crippen LogP contribution in [-0.2, 0) is 10.7 Å². The van der Waals surface area contributed by atoms with Crippen LogP contribution >= 0.6 is 20.4 Å². The Kier molecular flexibility index (Phi) is 4.98. The molecule has 0 saturated carbocycles. The zero-order chi connectivity index (χ0) is 8.27. The summed E-state index contributed by atoms with van der Waals surface area (Å²) in [6, 6.07) is 7.08. The van der Waals surface area contributed by atoms with Gasteiger partial charge < -0.3 is 10.6 Å². The van der Waals surface area contributed by atoms with Crippen molar-refractivity contribution in [1.82, 2.24) is 0 Å². The van der Waals surface area contributed by atoms with Crippen molar-refractivity contribution >= 4 is 26.1 Å². The van der Waals surface area contributed by atoms with Crippen LogP contribution in [0.1, 0.15) is 5.56 Å². The fraction of sp³-hybridized carbons (Fsp3) is 0.143. The maximum Gasteiger partial charge on any atom is 0.193 e. The average molecular weight is 208 g/mol. The van der Waals surface area contributed by atoms with Crippen LogP contribution in [0.3, 0.4) is 0 Å². The number of nitrogens with two attached hydrogens (primary N) is 1. The number of hydrogen-bond donors (Lipinski definition) is 2. The topological polar surface area (TPSA) is 63.3 Å². The van der Waals surface area contributed by atoms with Crippen molar-refractivity contribution in [1.29, 1.82) is 0 Å². The maximum atomic E-state index is 10.5. The summed E-state index contributed by atoms with van der Waals surface area (Å²) in [6.07, 6.45) is 0.178. The third kappa shape index (κ3) is 3.26. The second kappa shape index (κ2) is 5.20. The minimum absolute atomic E-state index is 0. The quantitative estimate of drug-likeness (QED) is 0.573. The van der Waals surface area contributed by atoms with E-state index in [1.807, 2.05) is 0 Å². The Morgan fingerprint density at radius 3 is 2.50 bits per heavy atom. The molecule has 5 heteroatoms. The Hall–Kier alpha value is -0.500. The lowest BCUT2D eigenvalue weighted by Gasteiger charge is -2.00. The highest BCUT2D eigenvalue weighted by molar-refractivity contribution is 7.37. The average Bonchev–Trinajstić information content (AvgIpc) is 1.93. The minimum atomic E-state index is -2.44. The molecule has 12 heavy (non-hydrogen) atoms. The number of anilines is 1. The van der Waals surface area contributed by atoms with Gasteiger partial charge in [-0.2, -0.15) is 0 Å². The van der Waals surface area contributed by atoms with Crippen molar-refractivity contribution in [2.75, 3.05) is 5.73 Å². The largest absolute Gasteiger partial charge is 0.398 e. The smallest absolute Gasteiger partial charge is 0.193 e. The van der Waals surface area contributed by atoms with Crippen LogP contribution < -0.4 is 5.73 Å². The van der Waals surface area contributed by atoms with Gasteiger partial charge in [0.2, 0.25) is 0 Å². The van der Waals surface area contributed by atoms with E-state index in [4.69, 9.17) is 10.6 Å². The van der Waals surface area contributed by atoms with Crippen LogP contribution in [0.25, 0.3) is 0 Å². The SMILES string of the molecule is Cl.Nc1ccccc1C[PH](=O)O. The zero-order valence-corrected chi connectivity index (χ0v) is 8.17. The van der Waals surface area contributed by atoms with Crippen LogP contribution in [0.15, 0.2) is 24.3 Å². The number of benzene rings is 1. The molecular formula is C7H11ClNO2P. The molecule has 0 heterocycles. The van der Waals surface area contributed by atoms with E-state index in [2.05, 4.69) is 0 Å². The number of nitrogen functional groups attached to an aromatic ring is 1. The highest BCUT2D eigenvalue weighted by Crippen LogP contribution is 2.24. The molecule has 1 rings (SSSR count). The van der Waals surface area contributed by atoms with Crippen molar-refractivity contribution in [2.24, 2.45) is 0 Å². The van der Waals surface area contributed by atoms with Gasteiger partial charge >= 0.3 is 0 Å². The number of hydrogen-bond acceptors (Lipinski definition) is 2. The highest BCUT2D eigenvalue weighted by Gasteiger charge is 1.99. The van der Waals surface area contributed by atoms with Gasteiger partial charge in [0, 0.05) is 11.8 Å². The van der Waals surface area contributed by atoms with E-state index >= 15 is 0 Å². The molecule has 1 aromatic rings. The summed E-state index contributed by atoms with van der Waals surface area (Å²) in [5.74, 6) is 0. The fourth-order valence-electron chi connectivity index (χ4n) is 0.858. The third-order valence-electron chi connectivity index (χ3n) is 1.40. The molecule has 0 aliphatic rings. The molecule has 1 aromatic carbocycles. The zero-order valence-electron chi connectivity index (χ0n) is 6.36. The Bertz CT molecular complexity index is 280. The Balaban J connectivity index is 0.00000121. The summed E-state index contributed by atoms with van der Waals surface area (Å²) in [4.78, 5) is 8.62. The lowest BCUT2D eigenvalue weighted by molar-refractivity contribution is 0.502. The van der Waals surface area contributed by atoms with E-state index in [9.17, 15) is 4.57 Å². The predicted molar refractivity (Wildman–Crippen MR) is 53.0 cm³/mol. The summed E-state index contributed by atoms with van der Waals surface area (Å²) in [5.41, 5.74) is 6.87. The molecule has 0 fully saturated rings.